The van der Waals surface area contributed by atoms with E-state index in [1.807, 2.05) is 6.92 Å². The van der Waals surface area contributed by atoms with E-state index in [0.29, 0.717) is 35.0 Å². The molecule has 8 nitrogen and oxygen atoms in total. The maximum Gasteiger partial charge on any atom is 0.343 e. The number of hydrogen-bond donors (Lipinski definition) is 1. The van der Waals surface area contributed by atoms with Gasteiger partial charge in [0.05, 0.1) is 25.5 Å². The summed E-state index contributed by atoms with van der Waals surface area (Å²) in [4.78, 5) is 24.6. The van der Waals surface area contributed by atoms with Gasteiger partial charge in [0.1, 0.15) is 23.0 Å². The number of nitrogens with zero attached hydrogens (tertiary/aromatic N) is 1. The normalized spacial score (nSPS) is 10.6. The third-order valence-electron chi connectivity index (χ3n) is 4.40. The maximum absolute atomic E-state index is 12.5. The molecule has 0 aromatic heterocycles. The molecule has 1 amide bonds. The number of carbonyl (C=O) groups excluding carboxylic acids is 2. The van der Waals surface area contributed by atoms with Crippen molar-refractivity contribution in [2.75, 3.05) is 20.3 Å². The van der Waals surface area contributed by atoms with Crippen LogP contribution in [-0.2, 0) is 4.79 Å². The van der Waals surface area contributed by atoms with Crippen LogP contribution in [0.1, 0.15) is 22.8 Å². The molecule has 34 heavy (non-hydrogen) atoms. The van der Waals surface area contributed by atoms with Gasteiger partial charge < -0.3 is 18.9 Å². The lowest BCUT2D eigenvalue weighted by atomic mass is 10.2. The Balaban J connectivity index is 1.59. The molecule has 0 aliphatic rings. The van der Waals surface area contributed by atoms with Crippen LogP contribution in [0, 0.1) is 0 Å². The number of carbonyl (C=O) groups is 2. The molecule has 0 saturated carbocycles. The zero-order valence-corrected chi connectivity index (χ0v) is 20.2. The Kier molecular flexibility index (Phi) is 9.04. The Labute approximate surface area is 205 Å². The smallest absolute Gasteiger partial charge is 0.343 e. The number of benzene rings is 3. The zero-order valence-electron chi connectivity index (χ0n) is 18.6. The molecule has 0 atom stereocenters. The van der Waals surface area contributed by atoms with E-state index in [4.69, 9.17) is 18.9 Å². The molecule has 3 aromatic rings. The van der Waals surface area contributed by atoms with Crippen LogP contribution < -0.4 is 24.4 Å². The van der Waals surface area contributed by atoms with Gasteiger partial charge in [-0.3, -0.25) is 4.79 Å². The lowest BCUT2D eigenvalue weighted by Crippen LogP contribution is -2.24. The molecule has 0 heterocycles. The SMILES string of the molecule is CCOc1ccc(C(=O)Oc2ccc(Br)cc2/C=N\NC(=O)COc2ccc(OC)cc2)cc1. The highest BCUT2D eigenvalue weighted by molar-refractivity contribution is 9.10. The van der Waals surface area contributed by atoms with Crippen LogP contribution in [0.4, 0.5) is 0 Å². The Morgan fingerprint density at radius 1 is 0.941 bits per heavy atom. The van der Waals surface area contributed by atoms with Gasteiger partial charge in [0, 0.05) is 10.0 Å². The van der Waals surface area contributed by atoms with Crippen molar-refractivity contribution in [2.24, 2.45) is 5.10 Å². The quantitative estimate of drug-likeness (QED) is 0.179. The minimum absolute atomic E-state index is 0.220. The van der Waals surface area contributed by atoms with Gasteiger partial charge in [-0.05, 0) is 73.7 Å². The standard InChI is InChI=1S/C25H23BrN2O6/c1-3-32-21-7-4-17(5-8-21)25(30)34-23-13-6-19(26)14-18(23)15-27-28-24(29)16-33-22-11-9-20(31-2)10-12-22/h4-15H,3,16H2,1-2H3,(H,28,29)/b27-15-. The largest absolute Gasteiger partial charge is 0.497 e. The van der Waals surface area contributed by atoms with E-state index in [1.165, 1.54) is 6.21 Å². The molecule has 0 spiro atoms. The second kappa shape index (κ2) is 12.4. The fourth-order valence-electron chi connectivity index (χ4n) is 2.75. The van der Waals surface area contributed by atoms with E-state index in [-0.39, 0.29) is 12.4 Å². The van der Waals surface area contributed by atoms with E-state index in [9.17, 15) is 9.59 Å². The van der Waals surface area contributed by atoms with Crippen molar-refractivity contribution in [2.45, 2.75) is 6.92 Å². The van der Waals surface area contributed by atoms with Gasteiger partial charge >= 0.3 is 5.97 Å². The molecule has 1 N–H and O–H groups in total. The minimum Gasteiger partial charge on any atom is -0.497 e. The Bertz CT molecular complexity index is 1150. The first kappa shape index (κ1) is 24.8. The lowest BCUT2D eigenvalue weighted by Gasteiger charge is -2.09. The third kappa shape index (κ3) is 7.35. The van der Waals surface area contributed by atoms with Crippen LogP contribution in [0.2, 0.25) is 0 Å². The van der Waals surface area contributed by atoms with Crippen molar-refractivity contribution >= 4 is 34.0 Å². The van der Waals surface area contributed by atoms with Gasteiger partial charge in [0.25, 0.3) is 5.91 Å². The first-order valence-corrected chi connectivity index (χ1v) is 11.1. The number of nitrogens with one attached hydrogen (secondary N) is 1. The summed E-state index contributed by atoms with van der Waals surface area (Å²) >= 11 is 3.38. The average molecular weight is 527 g/mol. The van der Waals surface area contributed by atoms with Crippen molar-refractivity contribution in [1.82, 2.24) is 5.43 Å². The molecule has 3 aromatic carbocycles. The van der Waals surface area contributed by atoms with Crippen molar-refractivity contribution in [1.29, 1.82) is 0 Å². The van der Waals surface area contributed by atoms with E-state index in [2.05, 4.69) is 26.5 Å². The molecule has 0 aliphatic carbocycles. The number of esters is 1. The molecular weight excluding hydrogens is 504 g/mol. The minimum atomic E-state index is -0.531. The van der Waals surface area contributed by atoms with Crippen LogP contribution in [0.15, 0.2) is 76.3 Å². The highest BCUT2D eigenvalue weighted by Crippen LogP contribution is 2.23. The monoisotopic (exact) mass is 526 g/mol. The van der Waals surface area contributed by atoms with E-state index >= 15 is 0 Å². The van der Waals surface area contributed by atoms with Crippen molar-refractivity contribution in [3.05, 3.63) is 82.3 Å². The van der Waals surface area contributed by atoms with Gasteiger partial charge in [-0.2, -0.15) is 5.10 Å². The molecule has 176 valence electrons. The molecule has 0 bridgehead atoms. The fourth-order valence-corrected chi connectivity index (χ4v) is 3.13. The number of ether oxygens (including phenoxy) is 4. The third-order valence-corrected chi connectivity index (χ3v) is 4.89. The van der Waals surface area contributed by atoms with Gasteiger partial charge in [-0.1, -0.05) is 15.9 Å². The number of halogens is 1. The summed E-state index contributed by atoms with van der Waals surface area (Å²) in [7, 11) is 1.57. The van der Waals surface area contributed by atoms with Crippen molar-refractivity contribution in [3.8, 4) is 23.0 Å². The van der Waals surface area contributed by atoms with E-state index < -0.39 is 11.9 Å². The summed E-state index contributed by atoms with van der Waals surface area (Å²) < 4.78 is 22.2. The predicted molar refractivity (Wildman–Crippen MR) is 131 cm³/mol. The van der Waals surface area contributed by atoms with Crippen LogP contribution >= 0.6 is 15.9 Å². The number of hydrazone groups is 1. The molecule has 3 rings (SSSR count). The zero-order chi connectivity index (χ0) is 24.3. The molecule has 9 heteroatoms. The van der Waals surface area contributed by atoms with Crippen LogP contribution in [0.25, 0.3) is 0 Å². The molecule has 0 fully saturated rings. The topological polar surface area (TPSA) is 95.5 Å². The van der Waals surface area contributed by atoms with Crippen molar-refractivity contribution < 1.29 is 28.5 Å². The van der Waals surface area contributed by atoms with Crippen molar-refractivity contribution in [3.63, 3.8) is 0 Å². The van der Waals surface area contributed by atoms with E-state index in [0.717, 1.165) is 4.47 Å². The van der Waals surface area contributed by atoms with Crippen LogP contribution in [0.3, 0.4) is 0 Å². The predicted octanol–water partition coefficient (Wildman–Crippen LogP) is 4.60. The second-order valence-corrected chi connectivity index (χ2v) is 7.70. The highest BCUT2D eigenvalue weighted by Gasteiger charge is 2.12. The Morgan fingerprint density at radius 2 is 1.59 bits per heavy atom. The molecule has 0 saturated heterocycles. The van der Waals surface area contributed by atoms with Gasteiger partial charge in [0.15, 0.2) is 6.61 Å². The van der Waals surface area contributed by atoms with Gasteiger partial charge in [-0.25, -0.2) is 10.2 Å². The molecular formula is C25H23BrN2O6. The second-order valence-electron chi connectivity index (χ2n) is 6.79. The summed E-state index contributed by atoms with van der Waals surface area (Å²) in [5.74, 6) is 1.19. The number of rotatable bonds is 10. The summed E-state index contributed by atoms with van der Waals surface area (Å²) in [6.45, 7) is 2.20. The molecule has 0 unspecified atom stereocenters. The lowest BCUT2D eigenvalue weighted by molar-refractivity contribution is -0.123. The number of amides is 1. The summed E-state index contributed by atoms with van der Waals surface area (Å²) in [6.07, 6.45) is 1.39. The number of hydrogen-bond acceptors (Lipinski definition) is 7. The summed E-state index contributed by atoms with van der Waals surface area (Å²) in [5, 5.41) is 3.94. The maximum atomic E-state index is 12.5. The van der Waals surface area contributed by atoms with E-state index in [1.54, 1.807) is 73.8 Å². The van der Waals surface area contributed by atoms with Gasteiger partial charge in [0.2, 0.25) is 0 Å². The first-order chi connectivity index (χ1) is 16.5. The van der Waals surface area contributed by atoms with Crippen LogP contribution in [0.5, 0.6) is 23.0 Å². The molecule has 0 radical (unpaired) electrons. The summed E-state index contributed by atoms with van der Waals surface area (Å²) in [5.41, 5.74) is 3.25. The Morgan fingerprint density at radius 3 is 2.26 bits per heavy atom. The fraction of sp³-hybridized carbons (Fsp3) is 0.160. The first-order valence-electron chi connectivity index (χ1n) is 10.3. The van der Waals surface area contributed by atoms with Crippen LogP contribution in [-0.4, -0.2) is 38.4 Å². The average Bonchev–Trinajstić information content (AvgIpc) is 2.85. The Hall–Kier alpha value is -3.85. The highest BCUT2D eigenvalue weighted by atomic mass is 79.9. The summed E-state index contributed by atoms with van der Waals surface area (Å²) in [6, 6.07) is 18.6. The number of methoxy groups -OCH3 is 1. The van der Waals surface area contributed by atoms with Gasteiger partial charge in [-0.15, -0.1) is 0 Å². The molecule has 0 aliphatic heterocycles.